The summed E-state index contributed by atoms with van der Waals surface area (Å²) in [6.45, 7) is 0.551. The second-order valence-corrected chi connectivity index (χ2v) is 3.67. The van der Waals surface area contributed by atoms with Gasteiger partial charge in [0.15, 0.2) is 0 Å². The summed E-state index contributed by atoms with van der Waals surface area (Å²) in [5.74, 6) is 0. The van der Waals surface area contributed by atoms with Crippen molar-refractivity contribution in [2.24, 2.45) is 0 Å². The van der Waals surface area contributed by atoms with Crippen molar-refractivity contribution >= 4 is 11.7 Å². The predicted octanol–water partition coefficient (Wildman–Crippen LogP) is 2.70. The Labute approximate surface area is 97.2 Å². The Morgan fingerprint density at radius 2 is 1.82 bits per heavy atom. The van der Waals surface area contributed by atoms with Crippen molar-refractivity contribution in [3.63, 3.8) is 0 Å². The Bertz CT molecular complexity index is 387. The molecule has 0 atom stereocenters. The smallest absolute Gasteiger partial charge is 0.329 e. The van der Waals surface area contributed by atoms with Gasteiger partial charge in [0.05, 0.1) is 0 Å². The fourth-order valence-electron chi connectivity index (χ4n) is 1.18. The van der Waals surface area contributed by atoms with Gasteiger partial charge in [0.2, 0.25) is 0 Å². The molecular formula is C11H13F3N2O. The molecule has 94 valence electrons. The molecule has 1 N–H and O–H groups in total. The van der Waals surface area contributed by atoms with Crippen LogP contribution in [-0.2, 0) is 0 Å². The first-order chi connectivity index (χ1) is 7.79. The number of hydrogen-bond acceptors (Lipinski definition) is 1. The van der Waals surface area contributed by atoms with E-state index in [4.69, 9.17) is 0 Å². The lowest BCUT2D eigenvalue weighted by atomic mass is 10.2. The maximum absolute atomic E-state index is 11.9. The lowest BCUT2D eigenvalue weighted by Crippen LogP contribution is -2.41. The van der Waals surface area contributed by atoms with Gasteiger partial charge in [-0.25, -0.2) is 4.79 Å². The number of halogens is 3. The van der Waals surface area contributed by atoms with E-state index in [1.807, 2.05) is 6.92 Å². The van der Waals surface area contributed by atoms with Gasteiger partial charge in [0.25, 0.3) is 0 Å². The number of carbonyl (C=O) groups is 1. The normalized spacial score (nSPS) is 11.1. The number of nitrogens with zero attached hydrogens (tertiary/aromatic N) is 1. The Hall–Kier alpha value is -1.72. The Balaban J connectivity index is 2.61. The molecule has 0 bridgehead atoms. The number of anilines is 1. The SMILES string of the molecule is Cc1ccc(N(C)C(=O)NCC(F)(F)F)cc1. The van der Waals surface area contributed by atoms with Gasteiger partial charge < -0.3 is 5.32 Å². The predicted molar refractivity (Wildman–Crippen MR) is 59.0 cm³/mol. The second-order valence-electron chi connectivity index (χ2n) is 3.67. The van der Waals surface area contributed by atoms with Crippen molar-refractivity contribution in [2.75, 3.05) is 18.5 Å². The maximum atomic E-state index is 11.9. The van der Waals surface area contributed by atoms with Crippen LogP contribution in [0.4, 0.5) is 23.7 Å². The number of alkyl halides is 3. The third-order valence-electron chi connectivity index (χ3n) is 2.17. The minimum absolute atomic E-state index is 0.537. The first-order valence-corrected chi connectivity index (χ1v) is 4.94. The van der Waals surface area contributed by atoms with Crippen LogP contribution in [0.1, 0.15) is 5.56 Å². The molecule has 0 spiro atoms. The van der Waals surface area contributed by atoms with Gasteiger partial charge in [-0.1, -0.05) is 17.7 Å². The standard InChI is InChI=1S/C11H13F3N2O/c1-8-3-5-9(6-4-8)16(2)10(17)15-7-11(12,13)14/h3-6H,7H2,1-2H3,(H,15,17). The first kappa shape index (κ1) is 13.3. The number of aryl methyl sites for hydroxylation is 1. The van der Waals surface area contributed by atoms with Crippen molar-refractivity contribution in [3.8, 4) is 0 Å². The lowest BCUT2D eigenvalue weighted by Gasteiger charge is -2.18. The summed E-state index contributed by atoms with van der Waals surface area (Å²) in [5.41, 5.74) is 1.55. The average Bonchev–Trinajstić information content (AvgIpc) is 2.25. The minimum Gasteiger partial charge on any atom is -0.329 e. The van der Waals surface area contributed by atoms with Crippen molar-refractivity contribution in [1.29, 1.82) is 0 Å². The fraction of sp³-hybridized carbons (Fsp3) is 0.364. The fourth-order valence-corrected chi connectivity index (χ4v) is 1.18. The number of nitrogens with one attached hydrogen (secondary N) is 1. The van der Waals surface area contributed by atoms with E-state index in [0.29, 0.717) is 5.69 Å². The van der Waals surface area contributed by atoms with E-state index in [9.17, 15) is 18.0 Å². The molecule has 0 unspecified atom stereocenters. The Morgan fingerprint density at radius 1 is 1.29 bits per heavy atom. The van der Waals surface area contributed by atoms with Crippen LogP contribution in [0.3, 0.4) is 0 Å². The zero-order valence-electron chi connectivity index (χ0n) is 9.51. The third kappa shape index (κ3) is 4.34. The third-order valence-corrected chi connectivity index (χ3v) is 2.17. The number of benzene rings is 1. The van der Waals surface area contributed by atoms with Crippen molar-refractivity contribution in [2.45, 2.75) is 13.1 Å². The number of amides is 2. The number of rotatable bonds is 2. The number of carbonyl (C=O) groups excluding carboxylic acids is 1. The van der Waals surface area contributed by atoms with Crippen LogP contribution in [0.5, 0.6) is 0 Å². The summed E-state index contributed by atoms with van der Waals surface area (Å²) in [7, 11) is 1.41. The van der Waals surface area contributed by atoms with E-state index >= 15 is 0 Å². The molecule has 0 saturated carbocycles. The molecule has 3 nitrogen and oxygen atoms in total. The van der Waals surface area contributed by atoms with E-state index in [-0.39, 0.29) is 0 Å². The van der Waals surface area contributed by atoms with Crippen LogP contribution < -0.4 is 10.2 Å². The molecule has 2 amide bonds. The summed E-state index contributed by atoms with van der Waals surface area (Å²) >= 11 is 0. The monoisotopic (exact) mass is 246 g/mol. The number of urea groups is 1. The van der Waals surface area contributed by atoms with Gasteiger partial charge in [0, 0.05) is 12.7 Å². The highest BCUT2D eigenvalue weighted by molar-refractivity contribution is 5.91. The molecule has 6 heteroatoms. The zero-order valence-corrected chi connectivity index (χ0v) is 9.51. The van der Waals surface area contributed by atoms with Crippen LogP contribution in [0.2, 0.25) is 0 Å². The highest BCUT2D eigenvalue weighted by Gasteiger charge is 2.28. The minimum atomic E-state index is -4.40. The molecule has 0 fully saturated rings. The number of hydrogen-bond donors (Lipinski definition) is 1. The van der Waals surface area contributed by atoms with Gasteiger partial charge in [-0.3, -0.25) is 4.90 Å². The molecule has 0 aliphatic rings. The largest absolute Gasteiger partial charge is 0.405 e. The molecule has 1 aromatic rings. The molecule has 0 aliphatic carbocycles. The second kappa shape index (κ2) is 5.07. The molecule has 0 aliphatic heterocycles. The zero-order chi connectivity index (χ0) is 13.1. The topological polar surface area (TPSA) is 32.3 Å². The molecule has 0 aromatic heterocycles. The van der Waals surface area contributed by atoms with Crippen LogP contribution in [0.25, 0.3) is 0 Å². The average molecular weight is 246 g/mol. The molecule has 0 radical (unpaired) electrons. The van der Waals surface area contributed by atoms with Gasteiger partial charge in [0.1, 0.15) is 6.54 Å². The Morgan fingerprint density at radius 3 is 2.29 bits per heavy atom. The van der Waals surface area contributed by atoms with Gasteiger partial charge in [-0.05, 0) is 19.1 Å². The summed E-state index contributed by atoms with van der Waals surface area (Å²) in [5, 5.41) is 1.80. The molecular weight excluding hydrogens is 233 g/mol. The van der Waals surface area contributed by atoms with E-state index < -0.39 is 18.8 Å². The maximum Gasteiger partial charge on any atom is 0.405 e. The van der Waals surface area contributed by atoms with Gasteiger partial charge >= 0.3 is 12.2 Å². The molecule has 1 rings (SSSR count). The van der Waals surface area contributed by atoms with Crippen LogP contribution in [-0.4, -0.2) is 25.8 Å². The molecule has 17 heavy (non-hydrogen) atoms. The van der Waals surface area contributed by atoms with Crippen molar-refractivity contribution < 1.29 is 18.0 Å². The lowest BCUT2D eigenvalue weighted by molar-refractivity contribution is -0.122. The van der Waals surface area contributed by atoms with E-state index in [1.54, 1.807) is 29.6 Å². The summed E-state index contributed by atoms with van der Waals surface area (Å²) in [4.78, 5) is 12.5. The molecule has 0 heterocycles. The van der Waals surface area contributed by atoms with Gasteiger partial charge in [-0.15, -0.1) is 0 Å². The van der Waals surface area contributed by atoms with Crippen LogP contribution in [0, 0.1) is 6.92 Å². The van der Waals surface area contributed by atoms with Crippen LogP contribution in [0.15, 0.2) is 24.3 Å². The quantitative estimate of drug-likeness (QED) is 0.854. The highest BCUT2D eigenvalue weighted by Crippen LogP contribution is 2.15. The van der Waals surface area contributed by atoms with E-state index in [1.165, 1.54) is 7.05 Å². The first-order valence-electron chi connectivity index (χ1n) is 4.94. The molecule has 0 saturated heterocycles. The van der Waals surface area contributed by atoms with Gasteiger partial charge in [-0.2, -0.15) is 13.2 Å². The van der Waals surface area contributed by atoms with E-state index in [0.717, 1.165) is 10.5 Å². The van der Waals surface area contributed by atoms with E-state index in [2.05, 4.69) is 0 Å². The van der Waals surface area contributed by atoms with Crippen molar-refractivity contribution in [1.82, 2.24) is 5.32 Å². The summed E-state index contributed by atoms with van der Waals surface area (Å²) in [6, 6.07) is 6.11. The van der Waals surface area contributed by atoms with Crippen LogP contribution >= 0.6 is 0 Å². The highest BCUT2D eigenvalue weighted by atomic mass is 19.4. The molecule has 1 aromatic carbocycles. The van der Waals surface area contributed by atoms with Crippen molar-refractivity contribution in [3.05, 3.63) is 29.8 Å². The Kier molecular flexibility index (Phi) is 3.98. The summed E-state index contributed by atoms with van der Waals surface area (Å²) in [6.07, 6.45) is -4.40. The summed E-state index contributed by atoms with van der Waals surface area (Å²) < 4.78 is 35.7.